The van der Waals surface area contributed by atoms with E-state index < -0.39 is 0 Å². The lowest BCUT2D eigenvalue weighted by Gasteiger charge is -2.14. The first kappa shape index (κ1) is 11.2. The molecule has 0 saturated carbocycles. The van der Waals surface area contributed by atoms with Crippen LogP contribution in [0.25, 0.3) is 0 Å². The van der Waals surface area contributed by atoms with Crippen LogP contribution in [0.4, 0.5) is 0 Å². The fraction of sp³-hybridized carbons (Fsp3) is 0.500. The highest BCUT2D eigenvalue weighted by molar-refractivity contribution is 7.09. The summed E-state index contributed by atoms with van der Waals surface area (Å²) in [4.78, 5) is 9.78. The molecule has 1 atom stereocenters. The zero-order valence-electron chi connectivity index (χ0n) is 9.64. The van der Waals surface area contributed by atoms with Crippen molar-refractivity contribution in [1.82, 2.24) is 25.1 Å². The summed E-state index contributed by atoms with van der Waals surface area (Å²) in [5.74, 6) is 0.979. The Hall–Kier alpha value is -1.27. The first-order valence-corrected chi connectivity index (χ1v) is 6.00. The van der Waals surface area contributed by atoms with E-state index in [1.165, 1.54) is 4.88 Å². The van der Waals surface area contributed by atoms with Gasteiger partial charge in [0, 0.05) is 18.3 Å². The van der Waals surface area contributed by atoms with Gasteiger partial charge in [-0.05, 0) is 14.0 Å². The van der Waals surface area contributed by atoms with Crippen LogP contribution in [0, 0.1) is 6.92 Å². The van der Waals surface area contributed by atoms with Gasteiger partial charge in [-0.15, -0.1) is 11.3 Å². The van der Waals surface area contributed by atoms with Gasteiger partial charge in [0.1, 0.15) is 12.2 Å². The first-order chi connectivity index (χ1) is 7.72. The zero-order chi connectivity index (χ0) is 11.5. The molecule has 1 unspecified atom stereocenters. The van der Waals surface area contributed by atoms with Gasteiger partial charge in [-0.2, -0.15) is 5.10 Å². The predicted octanol–water partition coefficient (Wildman–Crippen LogP) is 1.08. The van der Waals surface area contributed by atoms with E-state index in [-0.39, 0.29) is 6.04 Å². The third-order valence-corrected chi connectivity index (χ3v) is 3.68. The lowest BCUT2D eigenvalue weighted by molar-refractivity contribution is 0.558. The van der Waals surface area contributed by atoms with Crippen LogP contribution in [0.3, 0.4) is 0 Å². The molecule has 0 radical (unpaired) electrons. The van der Waals surface area contributed by atoms with Gasteiger partial charge in [-0.1, -0.05) is 0 Å². The molecule has 0 bridgehead atoms. The monoisotopic (exact) mass is 237 g/mol. The van der Waals surface area contributed by atoms with Crippen LogP contribution in [-0.2, 0) is 13.5 Å². The molecule has 16 heavy (non-hydrogen) atoms. The van der Waals surface area contributed by atoms with Crippen molar-refractivity contribution in [2.45, 2.75) is 19.4 Å². The second-order valence-electron chi connectivity index (χ2n) is 3.65. The Morgan fingerprint density at radius 1 is 1.50 bits per heavy atom. The molecule has 0 aromatic carbocycles. The van der Waals surface area contributed by atoms with Crippen molar-refractivity contribution in [2.75, 3.05) is 7.05 Å². The fourth-order valence-electron chi connectivity index (χ4n) is 1.66. The van der Waals surface area contributed by atoms with Gasteiger partial charge in [0.15, 0.2) is 0 Å². The van der Waals surface area contributed by atoms with Gasteiger partial charge in [-0.25, -0.2) is 9.97 Å². The van der Waals surface area contributed by atoms with Crippen LogP contribution in [0.15, 0.2) is 11.8 Å². The Balaban J connectivity index is 2.19. The molecule has 0 aliphatic heterocycles. The maximum Gasteiger partial charge on any atom is 0.138 e. The molecule has 2 aromatic heterocycles. The summed E-state index contributed by atoms with van der Waals surface area (Å²) in [6.45, 7) is 2.03. The lowest BCUT2D eigenvalue weighted by atomic mass is 10.1. The summed E-state index contributed by atoms with van der Waals surface area (Å²) < 4.78 is 1.81. The number of rotatable bonds is 4. The molecule has 0 amide bonds. The Labute approximate surface area is 98.5 Å². The summed E-state index contributed by atoms with van der Waals surface area (Å²) in [6, 6.07) is 0.260. The van der Waals surface area contributed by atoms with Crippen molar-refractivity contribution in [2.24, 2.45) is 7.05 Å². The van der Waals surface area contributed by atoms with E-state index in [2.05, 4.69) is 20.4 Å². The van der Waals surface area contributed by atoms with E-state index in [9.17, 15) is 0 Å². The van der Waals surface area contributed by atoms with Crippen molar-refractivity contribution in [3.05, 3.63) is 28.2 Å². The highest BCUT2D eigenvalue weighted by Gasteiger charge is 2.16. The van der Waals surface area contributed by atoms with E-state index in [1.54, 1.807) is 22.3 Å². The lowest BCUT2D eigenvalue weighted by Crippen LogP contribution is -2.20. The van der Waals surface area contributed by atoms with Gasteiger partial charge >= 0.3 is 0 Å². The minimum atomic E-state index is 0.260. The highest BCUT2D eigenvalue weighted by Crippen LogP contribution is 2.23. The summed E-state index contributed by atoms with van der Waals surface area (Å²) in [5.41, 5.74) is 2.97. The van der Waals surface area contributed by atoms with Gasteiger partial charge in [0.2, 0.25) is 0 Å². The molecule has 2 heterocycles. The third kappa shape index (κ3) is 2.12. The average molecular weight is 237 g/mol. The van der Waals surface area contributed by atoms with E-state index >= 15 is 0 Å². The molecule has 2 rings (SSSR count). The number of nitrogens with one attached hydrogen (secondary N) is 1. The van der Waals surface area contributed by atoms with Gasteiger partial charge in [0.05, 0.1) is 17.2 Å². The Morgan fingerprint density at radius 2 is 2.31 bits per heavy atom. The van der Waals surface area contributed by atoms with Gasteiger partial charge in [-0.3, -0.25) is 4.68 Å². The molecule has 5 nitrogen and oxygen atoms in total. The van der Waals surface area contributed by atoms with E-state index in [0.717, 1.165) is 17.9 Å². The van der Waals surface area contributed by atoms with Crippen molar-refractivity contribution >= 4 is 11.3 Å². The molecular formula is C10H15N5S. The SMILES string of the molecule is CNC(Cc1ncnn1C)c1scnc1C. The molecule has 2 aromatic rings. The van der Waals surface area contributed by atoms with Crippen LogP contribution >= 0.6 is 11.3 Å². The smallest absolute Gasteiger partial charge is 0.138 e. The van der Waals surface area contributed by atoms with Crippen molar-refractivity contribution in [3.63, 3.8) is 0 Å². The molecule has 0 fully saturated rings. The van der Waals surface area contributed by atoms with E-state index in [4.69, 9.17) is 0 Å². The Morgan fingerprint density at radius 3 is 2.81 bits per heavy atom. The molecule has 1 N–H and O–H groups in total. The summed E-state index contributed by atoms with van der Waals surface area (Å²) in [5, 5.41) is 7.37. The summed E-state index contributed by atoms with van der Waals surface area (Å²) >= 11 is 1.68. The Bertz CT molecular complexity index is 461. The molecule has 0 spiro atoms. The van der Waals surface area contributed by atoms with E-state index in [0.29, 0.717) is 0 Å². The number of aryl methyl sites for hydroxylation is 2. The number of likely N-dealkylation sites (N-methyl/N-ethyl adjacent to an activating group) is 1. The van der Waals surface area contributed by atoms with Crippen LogP contribution in [0.2, 0.25) is 0 Å². The predicted molar refractivity (Wildman–Crippen MR) is 63.4 cm³/mol. The largest absolute Gasteiger partial charge is 0.312 e. The van der Waals surface area contributed by atoms with Gasteiger partial charge in [0.25, 0.3) is 0 Å². The second-order valence-corrected chi connectivity index (χ2v) is 4.53. The van der Waals surface area contributed by atoms with Gasteiger partial charge < -0.3 is 5.32 Å². The molecule has 0 aliphatic carbocycles. The zero-order valence-corrected chi connectivity index (χ0v) is 10.5. The maximum absolute atomic E-state index is 4.27. The first-order valence-electron chi connectivity index (χ1n) is 5.12. The molecule has 0 saturated heterocycles. The Kier molecular flexibility index (Phi) is 3.31. The average Bonchev–Trinajstić information content (AvgIpc) is 2.85. The van der Waals surface area contributed by atoms with Crippen molar-refractivity contribution in [3.8, 4) is 0 Å². The molecule has 6 heteroatoms. The maximum atomic E-state index is 4.27. The van der Waals surface area contributed by atoms with Crippen LogP contribution in [0.1, 0.15) is 22.4 Å². The normalized spacial score (nSPS) is 12.9. The number of aromatic nitrogens is 4. The topological polar surface area (TPSA) is 55.6 Å². The highest BCUT2D eigenvalue weighted by atomic mass is 32.1. The number of hydrogen-bond acceptors (Lipinski definition) is 5. The van der Waals surface area contributed by atoms with Crippen LogP contribution in [-0.4, -0.2) is 26.8 Å². The molecule has 0 aliphatic rings. The third-order valence-electron chi connectivity index (χ3n) is 2.64. The number of thiazole rings is 1. The second kappa shape index (κ2) is 4.71. The van der Waals surface area contributed by atoms with Crippen molar-refractivity contribution < 1.29 is 0 Å². The minimum Gasteiger partial charge on any atom is -0.312 e. The molecule has 86 valence electrons. The molecular weight excluding hydrogens is 222 g/mol. The summed E-state index contributed by atoms with van der Waals surface area (Å²) in [6.07, 6.45) is 2.41. The van der Waals surface area contributed by atoms with Crippen LogP contribution < -0.4 is 5.32 Å². The van der Waals surface area contributed by atoms with E-state index in [1.807, 2.05) is 26.5 Å². The van der Waals surface area contributed by atoms with Crippen molar-refractivity contribution in [1.29, 1.82) is 0 Å². The number of hydrogen-bond donors (Lipinski definition) is 1. The quantitative estimate of drug-likeness (QED) is 0.864. The summed E-state index contributed by atoms with van der Waals surface area (Å²) in [7, 11) is 3.87. The standard InChI is InChI=1S/C10H15N5S/c1-7-10(16-6-13-7)8(11-2)4-9-12-5-14-15(9)3/h5-6,8,11H,4H2,1-3H3. The van der Waals surface area contributed by atoms with Crippen LogP contribution in [0.5, 0.6) is 0 Å². The number of nitrogens with zero attached hydrogens (tertiary/aromatic N) is 4. The fourth-order valence-corrected chi connectivity index (χ4v) is 2.57. The minimum absolute atomic E-state index is 0.260.